The summed E-state index contributed by atoms with van der Waals surface area (Å²) in [5.41, 5.74) is 1.48. The first-order valence-electron chi connectivity index (χ1n) is 9.36. The van der Waals surface area contributed by atoms with Gasteiger partial charge in [-0.05, 0) is 49.4 Å². The minimum atomic E-state index is -3.16. The molecule has 9 heteroatoms. The number of nitrogens with one attached hydrogen (secondary N) is 1. The highest BCUT2D eigenvalue weighted by molar-refractivity contribution is 7.89. The molecule has 1 fully saturated rings. The lowest BCUT2D eigenvalue weighted by molar-refractivity contribution is -0.117. The third-order valence-electron chi connectivity index (χ3n) is 4.79. The van der Waals surface area contributed by atoms with Gasteiger partial charge in [-0.15, -0.1) is 11.3 Å². The van der Waals surface area contributed by atoms with Crippen LogP contribution in [0.5, 0.6) is 0 Å². The Bertz CT molecular complexity index is 905. The van der Waals surface area contributed by atoms with E-state index < -0.39 is 10.0 Å². The second-order valence-corrected chi connectivity index (χ2v) is 9.90. The molecule has 0 aliphatic carbocycles. The number of rotatable bonds is 7. The van der Waals surface area contributed by atoms with Crippen LogP contribution in [0, 0.1) is 11.7 Å². The van der Waals surface area contributed by atoms with E-state index in [9.17, 15) is 17.6 Å². The number of anilines is 1. The van der Waals surface area contributed by atoms with Gasteiger partial charge in [-0.1, -0.05) is 6.92 Å². The Kier molecular flexibility index (Phi) is 6.79. The molecule has 152 valence electrons. The molecule has 1 amide bonds. The number of benzene rings is 1. The molecule has 6 nitrogen and oxygen atoms in total. The maximum Gasteiger partial charge on any atom is 0.226 e. The van der Waals surface area contributed by atoms with E-state index in [1.165, 1.54) is 23.5 Å². The Morgan fingerprint density at radius 3 is 2.61 bits per heavy atom. The van der Waals surface area contributed by atoms with E-state index in [0.717, 1.165) is 5.56 Å². The fourth-order valence-corrected chi connectivity index (χ4v) is 5.57. The minimum Gasteiger partial charge on any atom is -0.302 e. The monoisotopic (exact) mass is 425 g/mol. The van der Waals surface area contributed by atoms with Gasteiger partial charge in [0.1, 0.15) is 5.82 Å². The third-order valence-corrected chi connectivity index (χ3v) is 7.63. The van der Waals surface area contributed by atoms with E-state index in [2.05, 4.69) is 10.3 Å². The smallest absolute Gasteiger partial charge is 0.226 e. The standard InChI is InChI=1S/C19H24FN3O3S2/c1-2-11-28(25,26)23-9-7-14(8-10-23)12-18(24)22-19-21-17(13-27-19)15-3-5-16(20)6-4-15/h3-6,13-14H,2,7-12H2,1H3,(H,21,22,24). The number of aromatic nitrogens is 1. The summed E-state index contributed by atoms with van der Waals surface area (Å²) in [5, 5.41) is 5.14. The zero-order valence-corrected chi connectivity index (χ0v) is 17.4. The molecule has 0 spiro atoms. The third kappa shape index (κ3) is 5.36. The molecular weight excluding hydrogens is 401 g/mol. The van der Waals surface area contributed by atoms with Crippen LogP contribution >= 0.6 is 11.3 Å². The number of carbonyl (C=O) groups excluding carboxylic acids is 1. The van der Waals surface area contributed by atoms with Crippen LogP contribution in [0.15, 0.2) is 29.6 Å². The molecule has 1 aromatic heterocycles. The predicted molar refractivity (Wildman–Crippen MR) is 109 cm³/mol. The van der Waals surface area contributed by atoms with E-state index >= 15 is 0 Å². The molecule has 1 N–H and O–H groups in total. The molecule has 0 saturated carbocycles. The Morgan fingerprint density at radius 2 is 1.96 bits per heavy atom. The number of thiazole rings is 1. The Balaban J connectivity index is 1.50. The maximum absolute atomic E-state index is 13.0. The van der Waals surface area contributed by atoms with Crippen LogP contribution in [0.25, 0.3) is 11.3 Å². The fraction of sp³-hybridized carbons (Fsp3) is 0.474. The van der Waals surface area contributed by atoms with Gasteiger partial charge >= 0.3 is 0 Å². The van der Waals surface area contributed by atoms with Gasteiger partial charge in [0, 0.05) is 30.5 Å². The van der Waals surface area contributed by atoms with Gasteiger partial charge in [0.2, 0.25) is 15.9 Å². The molecule has 1 aliphatic rings. The minimum absolute atomic E-state index is 0.116. The highest BCUT2D eigenvalue weighted by atomic mass is 32.2. The van der Waals surface area contributed by atoms with Gasteiger partial charge < -0.3 is 5.32 Å². The van der Waals surface area contributed by atoms with Crippen molar-refractivity contribution >= 4 is 32.4 Å². The molecule has 28 heavy (non-hydrogen) atoms. The van der Waals surface area contributed by atoms with Crippen molar-refractivity contribution in [1.82, 2.24) is 9.29 Å². The average molecular weight is 426 g/mol. The van der Waals surface area contributed by atoms with Crippen molar-refractivity contribution in [1.29, 1.82) is 0 Å². The van der Waals surface area contributed by atoms with Crippen LogP contribution in [-0.4, -0.2) is 42.5 Å². The molecular formula is C19H24FN3O3S2. The largest absolute Gasteiger partial charge is 0.302 e. The van der Waals surface area contributed by atoms with Crippen LogP contribution in [0.4, 0.5) is 9.52 Å². The average Bonchev–Trinajstić information content (AvgIpc) is 3.11. The predicted octanol–water partition coefficient (Wildman–Crippen LogP) is 3.73. The number of carbonyl (C=O) groups is 1. The molecule has 3 rings (SSSR count). The van der Waals surface area contributed by atoms with Crippen LogP contribution in [0.2, 0.25) is 0 Å². The number of sulfonamides is 1. The van der Waals surface area contributed by atoms with E-state index in [4.69, 9.17) is 0 Å². The lowest BCUT2D eigenvalue weighted by atomic mass is 9.94. The van der Waals surface area contributed by atoms with E-state index in [1.54, 1.807) is 16.4 Å². The van der Waals surface area contributed by atoms with Crippen LogP contribution in [0.3, 0.4) is 0 Å². The van der Waals surface area contributed by atoms with Crippen LogP contribution in [0.1, 0.15) is 32.6 Å². The summed E-state index contributed by atoms with van der Waals surface area (Å²) in [6, 6.07) is 6.05. The molecule has 1 saturated heterocycles. The lowest BCUT2D eigenvalue weighted by Crippen LogP contribution is -2.40. The topological polar surface area (TPSA) is 79.4 Å². The van der Waals surface area contributed by atoms with Gasteiger partial charge in [0.25, 0.3) is 0 Å². The molecule has 0 unspecified atom stereocenters. The van der Waals surface area contributed by atoms with Gasteiger partial charge in [-0.25, -0.2) is 22.1 Å². The van der Waals surface area contributed by atoms with E-state index in [-0.39, 0.29) is 23.4 Å². The molecule has 2 aromatic rings. The van der Waals surface area contributed by atoms with E-state index in [0.29, 0.717) is 49.6 Å². The van der Waals surface area contributed by atoms with Crippen molar-refractivity contribution in [3.8, 4) is 11.3 Å². The number of piperidine rings is 1. The summed E-state index contributed by atoms with van der Waals surface area (Å²) in [6.45, 7) is 2.81. The zero-order valence-electron chi connectivity index (χ0n) is 15.7. The molecule has 1 aromatic carbocycles. The second-order valence-electron chi connectivity index (χ2n) is 6.96. The SMILES string of the molecule is CCCS(=O)(=O)N1CCC(CC(=O)Nc2nc(-c3ccc(F)cc3)cs2)CC1. The van der Waals surface area contributed by atoms with Crippen molar-refractivity contribution in [2.24, 2.45) is 5.92 Å². The maximum atomic E-state index is 13.0. The van der Waals surface area contributed by atoms with Crippen molar-refractivity contribution < 1.29 is 17.6 Å². The van der Waals surface area contributed by atoms with Gasteiger partial charge in [0.15, 0.2) is 5.13 Å². The zero-order chi connectivity index (χ0) is 20.1. The number of halogens is 1. The van der Waals surface area contributed by atoms with Gasteiger partial charge in [0.05, 0.1) is 11.4 Å². The number of hydrogen-bond acceptors (Lipinski definition) is 5. The van der Waals surface area contributed by atoms with Crippen molar-refractivity contribution in [2.45, 2.75) is 32.6 Å². The summed E-state index contributed by atoms with van der Waals surface area (Å²) in [4.78, 5) is 16.7. The quantitative estimate of drug-likeness (QED) is 0.733. The van der Waals surface area contributed by atoms with Crippen molar-refractivity contribution in [3.63, 3.8) is 0 Å². The molecule has 0 bridgehead atoms. The molecule has 0 atom stereocenters. The van der Waals surface area contributed by atoms with E-state index in [1.807, 2.05) is 12.3 Å². The number of amides is 1. The van der Waals surface area contributed by atoms with Gasteiger partial charge in [-0.2, -0.15) is 0 Å². The fourth-order valence-electron chi connectivity index (χ4n) is 3.30. The van der Waals surface area contributed by atoms with Gasteiger partial charge in [-0.3, -0.25) is 4.79 Å². The Hall–Kier alpha value is -1.84. The first kappa shape index (κ1) is 20.9. The lowest BCUT2D eigenvalue weighted by Gasteiger charge is -2.30. The summed E-state index contributed by atoms with van der Waals surface area (Å²) < 4.78 is 38.8. The number of nitrogens with zero attached hydrogens (tertiary/aromatic N) is 2. The highest BCUT2D eigenvalue weighted by Crippen LogP contribution is 2.27. The Morgan fingerprint density at radius 1 is 1.29 bits per heavy atom. The summed E-state index contributed by atoms with van der Waals surface area (Å²) >= 11 is 1.32. The first-order chi connectivity index (χ1) is 13.4. The van der Waals surface area contributed by atoms with Crippen molar-refractivity contribution in [3.05, 3.63) is 35.5 Å². The molecule has 2 heterocycles. The summed E-state index contributed by atoms with van der Waals surface area (Å²) in [5.74, 6) is -0.0704. The van der Waals surface area contributed by atoms with Crippen molar-refractivity contribution in [2.75, 3.05) is 24.2 Å². The highest BCUT2D eigenvalue weighted by Gasteiger charge is 2.28. The molecule has 1 aliphatic heterocycles. The second kappa shape index (κ2) is 9.11. The first-order valence-corrected chi connectivity index (χ1v) is 11.9. The normalized spacial score (nSPS) is 16.2. The van der Waals surface area contributed by atoms with Crippen LogP contribution < -0.4 is 5.32 Å². The van der Waals surface area contributed by atoms with Crippen LogP contribution in [-0.2, 0) is 14.8 Å². The summed E-state index contributed by atoms with van der Waals surface area (Å²) in [7, 11) is -3.16. The Labute approximate surface area is 168 Å². The molecule has 0 radical (unpaired) electrons. The number of hydrogen-bond donors (Lipinski definition) is 1. The summed E-state index contributed by atoms with van der Waals surface area (Å²) in [6.07, 6.45) is 2.34.